The number of ether oxygens (including phenoxy) is 2. The first-order chi connectivity index (χ1) is 13.4. The van der Waals surface area contributed by atoms with Crippen LogP contribution in [0.5, 0.6) is 11.5 Å². The number of carbonyl (C=O) groups excluding carboxylic acids is 1. The van der Waals surface area contributed by atoms with Crippen molar-refractivity contribution in [2.24, 2.45) is 10.9 Å². The van der Waals surface area contributed by atoms with E-state index < -0.39 is 11.8 Å². The van der Waals surface area contributed by atoms with Crippen molar-refractivity contribution in [2.45, 2.75) is 6.92 Å². The molecule has 146 valence electrons. The number of benzene rings is 2. The summed E-state index contributed by atoms with van der Waals surface area (Å²) in [6.07, 6.45) is 1.26. The van der Waals surface area contributed by atoms with E-state index >= 15 is 0 Å². The number of anilines is 1. The maximum atomic E-state index is 12.4. The summed E-state index contributed by atoms with van der Waals surface area (Å²) in [5, 5.41) is 12.4. The first-order valence-electron chi connectivity index (χ1n) is 8.09. The Morgan fingerprint density at radius 2 is 2.07 bits per heavy atom. The van der Waals surface area contributed by atoms with Gasteiger partial charge < -0.3 is 14.8 Å². The third-order valence-corrected chi connectivity index (χ3v) is 4.74. The fourth-order valence-electron chi connectivity index (χ4n) is 2.15. The second-order valence-corrected chi connectivity index (χ2v) is 7.06. The standard InChI is InChI=1S/C19H16BrCl2N3O3/c1-3-28-17-5-4-12(6-13(17)20)24-10-11(9-23)19(26)25-16-8-18(27-2)15(22)7-14(16)21/h4-8,10-11H,3H2,1-2H3,(H,25,26). The van der Waals surface area contributed by atoms with Crippen molar-refractivity contribution in [3.63, 3.8) is 0 Å². The molecule has 0 fully saturated rings. The summed E-state index contributed by atoms with van der Waals surface area (Å²) in [5.74, 6) is -0.671. The van der Waals surface area contributed by atoms with Gasteiger partial charge in [0.05, 0.1) is 45.7 Å². The van der Waals surface area contributed by atoms with Crippen molar-refractivity contribution in [1.29, 1.82) is 5.26 Å². The van der Waals surface area contributed by atoms with Crippen molar-refractivity contribution < 1.29 is 14.3 Å². The van der Waals surface area contributed by atoms with Crippen molar-refractivity contribution in [2.75, 3.05) is 19.0 Å². The lowest BCUT2D eigenvalue weighted by Crippen LogP contribution is -2.22. The number of hydrogen-bond acceptors (Lipinski definition) is 5. The van der Waals surface area contributed by atoms with Crippen LogP contribution in [0.3, 0.4) is 0 Å². The van der Waals surface area contributed by atoms with Crippen LogP contribution < -0.4 is 14.8 Å². The molecule has 0 aliphatic heterocycles. The minimum atomic E-state index is -1.12. The van der Waals surface area contributed by atoms with Gasteiger partial charge in [-0.1, -0.05) is 23.2 Å². The van der Waals surface area contributed by atoms with Crippen LogP contribution in [0.2, 0.25) is 10.0 Å². The Morgan fingerprint density at radius 3 is 2.68 bits per heavy atom. The van der Waals surface area contributed by atoms with Gasteiger partial charge in [0.25, 0.3) is 0 Å². The summed E-state index contributed by atoms with van der Waals surface area (Å²) in [6, 6.07) is 10.0. The third kappa shape index (κ3) is 5.61. The van der Waals surface area contributed by atoms with E-state index in [1.165, 1.54) is 25.5 Å². The summed E-state index contributed by atoms with van der Waals surface area (Å²) in [4.78, 5) is 16.6. The van der Waals surface area contributed by atoms with E-state index in [2.05, 4.69) is 26.2 Å². The summed E-state index contributed by atoms with van der Waals surface area (Å²) >= 11 is 15.5. The summed E-state index contributed by atoms with van der Waals surface area (Å²) in [6.45, 7) is 2.42. The maximum Gasteiger partial charge on any atom is 0.247 e. The molecule has 1 amide bonds. The molecule has 0 bridgehead atoms. The average Bonchev–Trinajstić information content (AvgIpc) is 2.66. The lowest BCUT2D eigenvalue weighted by Gasteiger charge is -2.11. The van der Waals surface area contributed by atoms with Crippen LogP contribution in [-0.4, -0.2) is 25.8 Å². The van der Waals surface area contributed by atoms with Gasteiger partial charge >= 0.3 is 0 Å². The smallest absolute Gasteiger partial charge is 0.247 e. The zero-order valence-corrected chi connectivity index (χ0v) is 18.1. The van der Waals surface area contributed by atoms with Gasteiger partial charge in [0.1, 0.15) is 11.5 Å². The van der Waals surface area contributed by atoms with E-state index in [-0.39, 0.29) is 10.7 Å². The van der Waals surface area contributed by atoms with Crippen LogP contribution >= 0.6 is 39.1 Å². The van der Waals surface area contributed by atoms with Gasteiger partial charge in [-0.2, -0.15) is 5.26 Å². The number of methoxy groups -OCH3 is 1. The first kappa shape index (κ1) is 22.0. The third-order valence-electron chi connectivity index (χ3n) is 3.51. The highest BCUT2D eigenvalue weighted by Gasteiger charge is 2.18. The number of nitriles is 1. The molecule has 0 saturated carbocycles. The van der Waals surface area contributed by atoms with E-state index in [0.717, 1.165) is 4.47 Å². The van der Waals surface area contributed by atoms with Crippen molar-refractivity contribution in [3.8, 4) is 17.6 Å². The van der Waals surface area contributed by atoms with E-state index in [0.29, 0.717) is 28.8 Å². The number of halogens is 3. The van der Waals surface area contributed by atoms with E-state index in [9.17, 15) is 10.1 Å². The topological polar surface area (TPSA) is 83.7 Å². The number of hydrogen-bond donors (Lipinski definition) is 1. The second kappa shape index (κ2) is 10.3. The van der Waals surface area contributed by atoms with Gasteiger partial charge in [0.2, 0.25) is 5.91 Å². The highest BCUT2D eigenvalue weighted by atomic mass is 79.9. The average molecular weight is 485 g/mol. The van der Waals surface area contributed by atoms with Gasteiger partial charge in [0.15, 0.2) is 5.92 Å². The fourth-order valence-corrected chi connectivity index (χ4v) is 3.14. The lowest BCUT2D eigenvalue weighted by atomic mass is 10.1. The zero-order valence-electron chi connectivity index (χ0n) is 15.0. The van der Waals surface area contributed by atoms with Gasteiger partial charge in [-0.05, 0) is 47.1 Å². The molecular formula is C19H16BrCl2N3O3. The molecule has 0 aliphatic rings. The first-order valence-corrected chi connectivity index (χ1v) is 9.64. The molecule has 0 heterocycles. The lowest BCUT2D eigenvalue weighted by molar-refractivity contribution is -0.116. The molecule has 0 spiro atoms. The molecule has 1 atom stereocenters. The Morgan fingerprint density at radius 1 is 1.32 bits per heavy atom. The van der Waals surface area contributed by atoms with Crippen LogP contribution in [0.25, 0.3) is 0 Å². The second-order valence-electron chi connectivity index (χ2n) is 5.39. The Bertz CT molecular complexity index is 945. The number of amides is 1. The Balaban J connectivity index is 2.15. The van der Waals surface area contributed by atoms with Gasteiger partial charge in [-0.3, -0.25) is 9.79 Å². The zero-order chi connectivity index (χ0) is 20.7. The molecule has 0 aliphatic carbocycles. The molecule has 1 N–H and O–H groups in total. The number of carbonyl (C=O) groups is 1. The molecule has 2 aromatic carbocycles. The molecule has 6 nitrogen and oxygen atoms in total. The highest BCUT2D eigenvalue weighted by molar-refractivity contribution is 9.10. The van der Waals surface area contributed by atoms with E-state index in [1.807, 2.05) is 13.0 Å². The van der Waals surface area contributed by atoms with Crippen molar-refractivity contribution in [1.82, 2.24) is 0 Å². The van der Waals surface area contributed by atoms with Gasteiger partial charge in [-0.15, -0.1) is 0 Å². The SMILES string of the molecule is CCOc1ccc(N=CC(C#N)C(=O)Nc2cc(OC)c(Cl)cc2Cl)cc1Br. The monoisotopic (exact) mass is 483 g/mol. The Labute approximate surface area is 181 Å². The van der Waals surface area contributed by atoms with E-state index in [1.54, 1.807) is 18.2 Å². The molecule has 0 saturated heterocycles. The molecule has 0 radical (unpaired) electrons. The molecule has 9 heteroatoms. The molecule has 0 aromatic heterocycles. The van der Waals surface area contributed by atoms with Gasteiger partial charge in [0, 0.05) is 12.3 Å². The van der Waals surface area contributed by atoms with Crippen LogP contribution in [0.1, 0.15) is 6.92 Å². The molecule has 2 aromatic rings. The van der Waals surface area contributed by atoms with E-state index in [4.69, 9.17) is 32.7 Å². The minimum absolute atomic E-state index is 0.225. The van der Waals surface area contributed by atoms with Gasteiger partial charge in [-0.25, -0.2) is 0 Å². The maximum absolute atomic E-state index is 12.4. The van der Waals surface area contributed by atoms with Crippen LogP contribution in [0.4, 0.5) is 11.4 Å². The quantitative estimate of drug-likeness (QED) is 0.515. The highest BCUT2D eigenvalue weighted by Crippen LogP contribution is 2.34. The fraction of sp³-hybridized carbons (Fsp3) is 0.211. The minimum Gasteiger partial charge on any atom is -0.495 e. The Hall–Kier alpha value is -2.27. The number of rotatable bonds is 7. The summed E-state index contributed by atoms with van der Waals surface area (Å²) in [5.41, 5.74) is 0.847. The van der Waals surface area contributed by atoms with Crippen molar-refractivity contribution >= 4 is 62.6 Å². The van der Waals surface area contributed by atoms with Crippen molar-refractivity contribution in [3.05, 3.63) is 44.8 Å². The Kier molecular flexibility index (Phi) is 8.12. The predicted octanol–water partition coefficient (Wildman–Crippen LogP) is 5.64. The van der Waals surface area contributed by atoms with Crippen LogP contribution in [0, 0.1) is 17.2 Å². The number of nitrogens with zero attached hydrogens (tertiary/aromatic N) is 2. The normalized spacial score (nSPS) is 11.7. The summed E-state index contributed by atoms with van der Waals surface area (Å²) < 4.78 is 11.3. The molecule has 2 rings (SSSR count). The molecule has 28 heavy (non-hydrogen) atoms. The largest absolute Gasteiger partial charge is 0.495 e. The summed E-state index contributed by atoms with van der Waals surface area (Å²) in [7, 11) is 1.44. The van der Waals surface area contributed by atoms with Crippen LogP contribution in [-0.2, 0) is 4.79 Å². The number of nitrogens with one attached hydrogen (secondary N) is 1. The molecular weight excluding hydrogens is 469 g/mol. The number of aliphatic imine (C=N–C) groups is 1. The molecule has 1 unspecified atom stereocenters. The predicted molar refractivity (Wildman–Crippen MR) is 114 cm³/mol. The van der Waals surface area contributed by atoms with Crippen LogP contribution in [0.15, 0.2) is 39.8 Å².